The molecule has 1 aliphatic carbocycles. The molecule has 1 saturated carbocycles. The maximum atomic E-state index is 13.4. The molecule has 1 N–H and O–H groups in total. The Hall–Kier alpha value is -2.89. The van der Waals surface area contributed by atoms with Gasteiger partial charge in [-0.25, -0.2) is 4.39 Å². The number of hydrogen-bond donors (Lipinski definition) is 1. The second-order valence-corrected chi connectivity index (χ2v) is 8.67. The summed E-state index contributed by atoms with van der Waals surface area (Å²) in [5.74, 6) is -0.125. The molecule has 2 aromatic rings. The Morgan fingerprint density at radius 2 is 1.72 bits per heavy atom. The number of carbonyl (C=O) groups excluding carboxylic acids is 2. The first-order chi connectivity index (χ1) is 15.4. The van der Waals surface area contributed by atoms with Crippen molar-refractivity contribution >= 4 is 11.8 Å². The van der Waals surface area contributed by atoms with E-state index in [1.807, 2.05) is 39.0 Å². The van der Waals surface area contributed by atoms with Crippen LogP contribution in [0, 0.1) is 19.7 Å². The molecule has 0 aliphatic heterocycles. The monoisotopic (exact) mass is 440 g/mol. The molecule has 0 unspecified atom stereocenters. The molecule has 172 valence electrons. The summed E-state index contributed by atoms with van der Waals surface area (Å²) in [5.41, 5.74) is 2.87. The average Bonchev–Trinajstić information content (AvgIpc) is 3.25. The van der Waals surface area contributed by atoms with Crippen LogP contribution in [0.15, 0.2) is 42.5 Å². The van der Waals surface area contributed by atoms with Gasteiger partial charge in [0.1, 0.15) is 17.6 Å². The predicted molar refractivity (Wildman–Crippen MR) is 123 cm³/mol. The summed E-state index contributed by atoms with van der Waals surface area (Å²) < 4.78 is 19.2. The van der Waals surface area contributed by atoms with Gasteiger partial charge in [-0.05, 0) is 74.1 Å². The second kappa shape index (κ2) is 11.1. The average molecular weight is 441 g/mol. The van der Waals surface area contributed by atoms with Crippen LogP contribution in [-0.4, -0.2) is 35.4 Å². The van der Waals surface area contributed by atoms with E-state index in [-0.39, 0.29) is 36.8 Å². The smallest absolute Gasteiger partial charge is 0.261 e. The van der Waals surface area contributed by atoms with Crippen molar-refractivity contribution in [3.8, 4) is 5.75 Å². The van der Waals surface area contributed by atoms with Crippen LogP contribution in [0.25, 0.3) is 0 Å². The molecule has 0 saturated heterocycles. The van der Waals surface area contributed by atoms with Gasteiger partial charge in [0, 0.05) is 12.6 Å². The van der Waals surface area contributed by atoms with Crippen molar-refractivity contribution in [3.63, 3.8) is 0 Å². The van der Waals surface area contributed by atoms with E-state index in [0.717, 1.165) is 42.4 Å². The lowest BCUT2D eigenvalue weighted by atomic mass is 10.1. The van der Waals surface area contributed by atoms with E-state index < -0.39 is 6.04 Å². The van der Waals surface area contributed by atoms with Gasteiger partial charge in [0.15, 0.2) is 6.61 Å². The summed E-state index contributed by atoms with van der Waals surface area (Å²) in [5, 5.41) is 3.12. The van der Waals surface area contributed by atoms with Crippen molar-refractivity contribution in [2.24, 2.45) is 0 Å². The lowest BCUT2D eigenvalue weighted by Gasteiger charge is -2.31. The first-order valence-electron chi connectivity index (χ1n) is 11.4. The third kappa shape index (κ3) is 6.55. The van der Waals surface area contributed by atoms with Crippen LogP contribution >= 0.6 is 0 Å². The molecule has 3 rings (SSSR count). The normalized spacial score (nSPS) is 14.8. The molecular weight excluding hydrogens is 407 g/mol. The largest absolute Gasteiger partial charge is 0.484 e. The molecule has 2 amide bonds. The molecule has 0 bridgehead atoms. The number of halogens is 1. The Bertz CT molecular complexity index is 903. The van der Waals surface area contributed by atoms with E-state index in [1.54, 1.807) is 17.0 Å². The van der Waals surface area contributed by atoms with Gasteiger partial charge in [-0.3, -0.25) is 9.59 Å². The van der Waals surface area contributed by atoms with Gasteiger partial charge in [0.25, 0.3) is 5.91 Å². The third-order valence-electron chi connectivity index (χ3n) is 5.91. The number of nitrogens with zero attached hydrogens (tertiary/aromatic N) is 1. The van der Waals surface area contributed by atoms with Gasteiger partial charge in [0.05, 0.1) is 0 Å². The highest BCUT2D eigenvalue weighted by Crippen LogP contribution is 2.20. The first-order valence-corrected chi connectivity index (χ1v) is 11.4. The molecule has 0 spiro atoms. The zero-order valence-electron chi connectivity index (χ0n) is 19.2. The van der Waals surface area contributed by atoms with E-state index in [0.29, 0.717) is 12.2 Å². The molecule has 0 radical (unpaired) electrons. The highest BCUT2D eigenvalue weighted by molar-refractivity contribution is 5.88. The van der Waals surface area contributed by atoms with Gasteiger partial charge in [0.2, 0.25) is 5.91 Å². The second-order valence-electron chi connectivity index (χ2n) is 8.67. The number of ether oxygens (including phenoxy) is 1. The number of benzene rings is 2. The summed E-state index contributed by atoms with van der Waals surface area (Å²) in [7, 11) is 0. The van der Waals surface area contributed by atoms with E-state index >= 15 is 0 Å². The zero-order chi connectivity index (χ0) is 23.1. The molecule has 0 heterocycles. The van der Waals surface area contributed by atoms with Crippen LogP contribution in [0.1, 0.15) is 55.7 Å². The van der Waals surface area contributed by atoms with E-state index in [4.69, 9.17) is 4.74 Å². The minimum absolute atomic E-state index is 0.138. The van der Waals surface area contributed by atoms with Crippen LogP contribution in [0.3, 0.4) is 0 Å². The van der Waals surface area contributed by atoms with Crippen molar-refractivity contribution in [1.29, 1.82) is 0 Å². The summed E-state index contributed by atoms with van der Waals surface area (Å²) in [6.07, 6.45) is 4.66. The standard InChI is InChI=1S/C26H33FN2O3/c1-4-24(26(31)28-22-7-5-6-8-22)29(16-20-9-11-21(27)12-10-20)25(30)17-32-23-14-18(2)13-19(3)15-23/h9-15,22,24H,4-8,16-17H2,1-3H3,(H,28,31)/t24-/m0/s1. The van der Waals surface area contributed by atoms with E-state index in [9.17, 15) is 14.0 Å². The van der Waals surface area contributed by atoms with E-state index in [2.05, 4.69) is 5.32 Å². The fraction of sp³-hybridized carbons (Fsp3) is 0.462. The third-order valence-corrected chi connectivity index (χ3v) is 5.91. The Morgan fingerprint density at radius 3 is 2.31 bits per heavy atom. The van der Waals surface area contributed by atoms with Crippen LogP contribution in [0.2, 0.25) is 0 Å². The molecule has 1 atom stereocenters. The number of amides is 2. The minimum Gasteiger partial charge on any atom is -0.484 e. The summed E-state index contributed by atoms with van der Waals surface area (Å²) in [6, 6.07) is 11.4. The van der Waals surface area contributed by atoms with Crippen LogP contribution < -0.4 is 10.1 Å². The van der Waals surface area contributed by atoms with Gasteiger partial charge < -0.3 is 15.0 Å². The van der Waals surface area contributed by atoms with Crippen molar-refractivity contribution in [2.75, 3.05) is 6.61 Å². The zero-order valence-corrected chi connectivity index (χ0v) is 19.2. The van der Waals surface area contributed by atoms with Gasteiger partial charge >= 0.3 is 0 Å². The molecule has 1 aliphatic rings. The molecular formula is C26H33FN2O3. The molecule has 6 heteroatoms. The molecule has 0 aromatic heterocycles. The molecule has 1 fully saturated rings. The maximum Gasteiger partial charge on any atom is 0.261 e. The van der Waals surface area contributed by atoms with Crippen LogP contribution in [0.4, 0.5) is 4.39 Å². The fourth-order valence-electron chi connectivity index (χ4n) is 4.32. The summed E-state index contributed by atoms with van der Waals surface area (Å²) in [6.45, 7) is 5.89. The highest BCUT2D eigenvalue weighted by Gasteiger charge is 2.30. The molecule has 2 aromatic carbocycles. The lowest BCUT2D eigenvalue weighted by Crippen LogP contribution is -2.52. The van der Waals surface area contributed by atoms with Gasteiger partial charge in [-0.2, -0.15) is 0 Å². The lowest BCUT2D eigenvalue weighted by molar-refractivity contribution is -0.143. The van der Waals surface area contributed by atoms with Crippen LogP contribution in [0.5, 0.6) is 5.75 Å². The quantitative estimate of drug-likeness (QED) is 0.616. The SMILES string of the molecule is CC[C@@H](C(=O)NC1CCCC1)N(Cc1ccc(F)cc1)C(=O)COc1cc(C)cc(C)c1. The first kappa shape index (κ1) is 23.8. The maximum absolute atomic E-state index is 13.4. The number of carbonyl (C=O) groups is 2. The Morgan fingerprint density at radius 1 is 1.09 bits per heavy atom. The van der Waals surface area contributed by atoms with Crippen molar-refractivity contribution in [1.82, 2.24) is 10.2 Å². The minimum atomic E-state index is -0.615. The summed E-state index contributed by atoms with van der Waals surface area (Å²) in [4.78, 5) is 27.9. The molecule has 5 nitrogen and oxygen atoms in total. The fourth-order valence-corrected chi connectivity index (χ4v) is 4.32. The van der Waals surface area contributed by atoms with Crippen molar-refractivity contribution in [3.05, 3.63) is 65.0 Å². The van der Waals surface area contributed by atoms with Gasteiger partial charge in [-0.1, -0.05) is 38.0 Å². The molecule has 32 heavy (non-hydrogen) atoms. The topological polar surface area (TPSA) is 58.6 Å². The van der Waals surface area contributed by atoms with Gasteiger partial charge in [-0.15, -0.1) is 0 Å². The highest BCUT2D eigenvalue weighted by atomic mass is 19.1. The predicted octanol–water partition coefficient (Wildman–Crippen LogP) is 4.69. The van der Waals surface area contributed by atoms with Crippen molar-refractivity contribution in [2.45, 2.75) is 71.5 Å². The summed E-state index contributed by atoms with van der Waals surface area (Å²) >= 11 is 0. The number of aryl methyl sites for hydroxylation is 2. The van der Waals surface area contributed by atoms with Crippen LogP contribution in [-0.2, 0) is 16.1 Å². The number of hydrogen-bond acceptors (Lipinski definition) is 3. The van der Waals surface area contributed by atoms with Crippen molar-refractivity contribution < 1.29 is 18.7 Å². The Labute approximate surface area is 190 Å². The number of nitrogens with one attached hydrogen (secondary N) is 1. The Balaban J connectivity index is 1.76. The van der Waals surface area contributed by atoms with E-state index in [1.165, 1.54) is 12.1 Å². The Kier molecular flexibility index (Phi) is 8.26. The number of rotatable bonds is 9.